The number of anilines is 1. The lowest BCUT2D eigenvalue weighted by molar-refractivity contribution is 0.433. The molecule has 0 saturated carbocycles. The Hall–Kier alpha value is -1.75. The molecule has 0 amide bonds. The van der Waals surface area contributed by atoms with Crippen LogP contribution in [0.5, 0.6) is 5.75 Å². The number of phenolic OH excluding ortho intramolecular Hbond substituents is 1. The number of phenols is 1. The predicted octanol–water partition coefficient (Wildman–Crippen LogP) is 2.42. The number of halogens is 2. The quantitative estimate of drug-likeness (QED) is 0.786. The minimum atomic E-state index is -0.821. The second-order valence-electron chi connectivity index (χ2n) is 2.89. The first kappa shape index (κ1) is 9.79. The van der Waals surface area contributed by atoms with Crippen molar-refractivity contribution in [3.05, 3.63) is 29.2 Å². The van der Waals surface area contributed by atoms with Crippen LogP contribution in [0.1, 0.15) is 0 Å². The number of hydrogen-bond acceptors (Lipinski definition) is 4. The standard InChI is InChI=1S/C9H6ClFN2O2/c10-4-1-5(8(14)7(11)2-4)6-3-13-15-9(6)12/h1-3,14H,12H2. The number of aromatic hydroxyl groups is 1. The van der Waals surface area contributed by atoms with Crippen LogP contribution in [0.4, 0.5) is 10.3 Å². The van der Waals surface area contributed by atoms with Crippen molar-refractivity contribution in [2.45, 2.75) is 0 Å². The molecule has 0 aliphatic heterocycles. The monoisotopic (exact) mass is 228 g/mol. The molecule has 2 aromatic rings. The van der Waals surface area contributed by atoms with Crippen LogP contribution in [-0.2, 0) is 0 Å². The Kier molecular flexibility index (Phi) is 2.24. The molecule has 15 heavy (non-hydrogen) atoms. The van der Waals surface area contributed by atoms with Crippen LogP contribution in [0.3, 0.4) is 0 Å². The third kappa shape index (κ3) is 1.61. The number of nitrogen functional groups attached to an aromatic ring is 1. The highest BCUT2D eigenvalue weighted by molar-refractivity contribution is 6.31. The van der Waals surface area contributed by atoms with E-state index in [0.29, 0.717) is 5.56 Å². The first-order valence-corrected chi connectivity index (χ1v) is 4.36. The highest BCUT2D eigenvalue weighted by Crippen LogP contribution is 2.36. The first-order chi connectivity index (χ1) is 7.09. The van der Waals surface area contributed by atoms with Gasteiger partial charge in [0, 0.05) is 10.6 Å². The van der Waals surface area contributed by atoms with Crippen molar-refractivity contribution in [1.29, 1.82) is 0 Å². The molecule has 0 fully saturated rings. The molecule has 0 radical (unpaired) electrons. The molecule has 0 aliphatic carbocycles. The van der Waals surface area contributed by atoms with E-state index in [0.717, 1.165) is 6.07 Å². The SMILES string of the molecule is Nc1oncc1-c1cc(Cl)cc(F)c1O. The summed E-state index contributed by atoms with van der Waals surface area (Å²) in [5.74, 6) is -1.36. The van der Waals surface area contributed by atoms with Gasteiger partial charge in [-0.05, 0) is 12.1 Å². The van der Waals surface area contributed by atoms with Crippen molar-refractivity contribution in [3.63, 3.8) is 0 Å². The van der Waals surface area contributed by atoms with Crippen LogP contribution in [0, 0.1) is 5.82 Å². The number of nitrogens with zero attached hydrogens (tertiary/aromatic N) is 1. The zero-order chi connectivity index (χ0) is 11.0. The van der Waals surface area contributed by atoms with Gasteiger partial charge in [0.15, 0.2) is 11.6 Å². The Morgan fingerprint density at radius 3 is 2.73 bits per heavy atom. The van der Waals surface area contributed by atoms with Gasteiger partial charge in [-0.3, -0.25) is 0 Å². The van der Waals surface area contributed by atoms with Crippen molar-refractivity contribution in [2.75, 3.05) is 5.73 Å². The maximum atomic E-state index is 13.1. The Morgan fingerprint density at radius 1 is 1.40 bits per heavy atom. The van der Waals surface area contributed by atoms with Gasteiger partial charge in [0.25, 0.3) is 0 Å². The summed E-state index contributed by atoms with van der Waals surface area (Å²) in [4.78, 5) is 0. The molecule has 0 unspecified atom stereocenters. The van der Waals surface area contributed by atoms with Gasteiger partial charge in [-0.2, -0.15) is 0 Å². The molecule has 4 nitrogen and oxygen atoms in total. The van der Waals surface area contributed by atoms with Crippen molar-refractivity contribution in [3.8, 4) is 16.9 Å². The summed E-state index contributed by atoms with van der Waals surface area (Å²) in [5, 5.41) is 13.0. The second kappa shape index (κ2) is 3.43. The van der Waals surface area contributed by atoms with E-state index in [1.807, 2.05) is 0 Å². The first-order valence-electron chi connectivity index (χ1n) is 3.98. The van der Waals surface area contributed by atoms with E-state index in [-0.39, 0.29) is 16.5 Å². The third-order valence-electron chi connectivity index (χ3n) is 1.92. The maximum absolute atomic E-state index is 13.1. The lowest BCUT2D eigenvalue weighted by Gasteiger charge is -2.03. The van der Waals surface area contributed by atoms with Gasteiger partial charge >= 0.3 is 0 Å². The number of hydrogen-bond donors (Lipinski definition) is 2. The van der Waals surface area contributed by atoms with Crippen molar-refractivity contribution < 1.29 is 14.0 Å². The summed E-state index contributed by atoms with van der Waals surface area (Å²) in [6, 6.07) is 2.38. The van der Waals surface area contributed by atoms with E-state index in [9.17, 15) is 9.50 Å². The van der Waals surface area contributed by atoms with Crippen molar-refractivity contribution >= 4 is 17.5 Å². The normalized spacial score (nSPS) is 10.5. The Balaban J connectivity index is 2.68. The molecule has 0 bridgehead atoms. The fourth-order valence-corrected chi connectivity index (χ4v) is 1.43. The molecule has 1 heterocycles. The molecule has 1 aromatic carbocycles. The molecule has 6 heteroatoms. The largest absolute Gasteiger partial charge is 0.504 e. The Morgan fingerprint density at radius 2 is 2.13 bits per heavy atom. The van der Waals surface area contributed by atoms with Crippen molar-refractivity contribution in [2.24, 2.45) is 0 Å². The molecule has 0 saturated heterocycles. The molecule has 1 aromatic heterocycles. The fourth-order valence-electron chi connectivity index (χ4n) is 1.22. The van der Waals surface area contributed by atoms with Crippen LogP contribution in [-0.4, -0.2) is 10.3 Å². The van der Waals surface area contributed by atoms with Crippen LogP contribution in [0.25, 0.3) is 11.1 Å². The third-order valence-corrected chi connectivity index (χ3v) is 2.13. The molecule has 3 N–H and O–H groups in total. The Labute approximate surface area is 89.1 Å². The maximum Gasteiger partial charge on any atom is 0.230 e. The second-order valence-corrected chi connectivity index (χ2v) is 3.32. The summed E-state index contributed by atoms with van der Waals surface area (Å²) < 4.78 is 17.7. The smallest absolute Gasteiger partial charge is 0.230 e. The zero-order valence-corrected chi connectivity index (χ0v) is 8.12. The highest BCUT2D eigenvalue weighted by atomic mass is 35.5. The topological polar surface area (TPSA) is 72.3 Å². The highest BCUT2D eigenvalue weighted by Gasteiger charge is 2.15. The lowest BCUT2D eigenvalue weighted by Crippen LogP contribution is -1.87. The van der Waals surface area contributed by atoms with E-state index in [2.05, 4.69) is 9.68 Å². The van der Waals surface area contributed by atoms with Gasteiger partial charge in [-0.25, -0.2) is 4.39 Å². The van der Waals surface area contributed by atoms with Gasteiger partial charge in [0.1, 0.15) is 0 Å². The van der Waals surface area contributed by atoms with E-state index in [4.69, 9.17) is 17.3 Å². The van der Waals surface area contributed by atoms with Gasteiger partial charge in [0.05, 0.1) is 11.8 Å². The molecular formula is C9H6ClFN2O2. The molecule has 0 spiro atoms. The van der Waals surface area contributed by atoms with E-state index in [1.165, 1.54) is 12.3 Å². The summed E-state index contributed by atoms with van der Waals surface area (Å²) in [5.41, 5.74) is 5.89. The lowest BCUT2D eigenvalue weighted by atomic mass is 10.1. The zero-order valence-electron chi connectivity index (χ0n) is 7.37. The number of aromatic nitrogens is 1. The van der Waals surface area contributed by atoms with Gasteiger partial charge in [0.2, 0.25) is 5.88 Å². The van der Waals surface area contributed by atoms with Crippen LogP contribution in [0.2, 0.25) is 5.02 Å². The number of benzene rings is 1. The number of rotatable bonds is 1. The summed E-state index contributed by atoms with van der Waals surface area (Å²) >= 11 is 5.65. The minimum Gasteiger partial charge on any atom is -0.504 e. The molecule has 2 rings (SSSR count). The summed E-state index contributed by atoms with van der Waals surface area (Å²) in [6.07, 6.45) is 1.28. The van der Waals surface area contributed by atoms with E-state index in [1.54, 1.807) is 0 Å². The number of nitrogens with two attached hydrogens (primary N) is 1. The molecule has 0 aliphatic rings. The van der Waals surface area contributed by atoms with E-state index < -0.39 is 11.6 Å². The molecule has 78 valence electrons. The average molecular weight is 229 g/mol. The molecule has 0 atom stereocenters. The van der Waals surface area contributed by atoms with Crippen molar-refractivity contribution in [1.82, 2.24) is 5.16 Å². The van der Waals surface area contributed by atoms with E-state index >= 15 is 0 Å². The van der Waals surface area contributed by atoms with Crippen LogP contribution in [0.15, 0.2) is 22.9 Å². The summed E-state index contributed by atoms with van der Waals surface area (Å²) in [7, 11) is 0. The Bertz CT molecular complexity index is 513. The predicted molar refractivity (Wildman–Crippen MR) is 53.0 cm³/mol. The van der Waals surface area contributed by atoms with Crippen LogP contribution >= 0.6 is 11.6 Å². The van der Waals surface area contributed by atoms with Gasteiger partial charge < -0.3 is 15.4 Å². The van der Waals surface area contributed by atoms with Gasteiger partial charge in [-0.1, -0.05) is 16.8 Å². The average Bonchev–Trinajstić information content (AvgIpc) is 2.58. The minimum absolute atomic E-state index is 0.00744. The van der Waals surface area contributed by atoms with Gasteiger partial charge in [-0.15, -0.1) is 0 Å². The fraction of sp³-hybridized carbons (Fsp3) is 0. The molecular weight excluding hydrogens is 223 g/mol. The van der Waals surface area contributed by atoms with Crippen LogP contribution < -0.4 is 5.73 Å². The summed E-state index contributed by atoms with van der Waals surface area (Å²) in [6.45, 7) is 0.